The van der Waals surface area contributed by atoms with E-state index in [1.807, 2.05) is 17.5 Å². The van der Waals surface area contributed by atoms with Crippen molar-refractivity contribution in [3.63, 3.8) is 0 Å². The summed E-state index contributed by atoms with van der Waals surface area (Å²) >= 11 is 1.53. The van der Waals surface area contributed by atoms with Crippen molar-refractivity contribution >= 4 is 23.2 Å². The zero-order chi connectivity index (χ0) is 18.6. The lowest BCUT2D eigenvalue weighted by atomic mass is 10.1. The molecular formula is C19H25N3O3S. The van der Waals surface area contributed by atoms with Gasteiger partial charge in [-0.05, 0) is 24.3 Å². The number of carboxylic acids is 1. The van der Waals surface area contributed by atoms with Gasteiger partial charge in [0.25, 0.3) is 0 Å². The number of unbranched alkanes of at least 4 members (excludes halogenated alkanes) is 7. The largest absolute Gasteiger partial charge is 0.481 e. The van der Waals surface area contributed by atoms with E-state index < -0.39 is 5.97 Å². The van der Waals surface area contributed by atoms with Gasteiger partial charge in [0.2, 0.25) is 17.5 Å². The topological polar surface area (TPSA) is 99.2 Å². The van der Waals surface area contributed by atoms with Crippen LogP contribution in [0.2, 0.25) is 0 Å². The Kier molecular flexibility index (Phi) is 8.70. The van der Waals surface area contributed by atoms with Crippen LogP contribution in [0, 0.1) is 11.3 Å². The number of nitrogens with zero attached hydrogens (tertiary/aromatic N) is 2. The summed E-state index contributed by atoms with van der Waals surface area (Å²) in [5, 5.41) is 22.9. The van der Waals surface area contributed by atoms with E-state index in [0.717, 1.165) is 49.9 Å². The first-order valence-corrected chi connectivity index (χ1v) is 9.99. The average Bonchev–Trinajstić information content (AvgIpc) is 3.28. The van der Waals surface area contributed by atoms with Gasteiger partial charge in [0.15, 0.2) is 0 Å². The van der Waals surface area contributed by atoms with Crippen molar-refractivity contribution in [3.05, 3.63) is 23.2 Å². The zero-order valence-corrected chi connectivity index (χ0v) is 15.7. The molecule has 6 nitrogen and oxygen atoms in total. The van der Waals surface area contributed by atoms with Crippen molar-refractivity contribution in [2.24, 2.45) is 0 Å². The number of nitrogens with one attached hydrogen (secondary N) is 1. The number of aromatic nitrogens is 1. The van der Waals surface area contributed by atoms with Gasteiger partial charge in [-0.15, -0.1) is 11.3 Å². The van der Waals surface area contributed by atoms with Gasteiger partial charge in [-0.1, -0.05) is 44.6 Å². The second-order valence-electron chi connectivity index (χ2n) is 6.18. The maximum absolute atomic E-state index is 10.4. The Morgan fingerprint density at radius 1 is 1.19 bits per heavy atom. The first-order valence-electron chi connectivity index (χ1n) is 9.11. The summed E-state index contributed by atoms with van der Waals surface area (Å²) < 4.78 is 5.67. The smallest absolute Gasteiger partial charge is 0.303 e. The predicted octanol–water partition coefficient (Wildman–Crippen LogP) is 5.28. The van der Waals surface area contributed by atoms with Crippen molar-refractivity contribution in [2.45, 2.75) is 57.8 Å². The Labute approximate surface area is 157 Å². The molecule has 2 aromatic rings. The normalized spacial score (nSPS) is 10.6. The Bertz CT molecular complexity index is 704. The van der Waals surface area contributed by atoms with Crippen LogP contribution in [0.1, 0.15) is 63.5 Å². The second kappa shape index (κ2) is 11.3. The standard InChI is InChI=1S/C19H25N3O3S/c20-14-15-18(25-19(22-15)16-10-9-13-26-16)21-12-8-6-4-2-1-3-5-7-11-17(23)24/h9-10,13,21H,1-8,11-12H2,(H,23,24). The van der Waals surface area contributed by atoms with E-state index in [-0.39, 0.29) is 6.42 Å². The molecule has 7 heteroatoms. The molecule has 140 valence electrons. The van der Waals surface area contributed by atoms with Gasteiger partial charge in [0, 0.05) is 13.0 Å². The van der Waals surface area contributed by atoms with Crippen LogP contribution < -0.4 is 5.32 Å². The molecule has 2 aromatic heterocycles. The van der Waals surface area contributed by atoms with Crippen LogP contribution in [0.15, 0.2) is 21.9 Å². The molecule has 0 fully saturated rings. The number of thiophene rings is 1. The maximum atomic E-state index is 10.4. The molecule has 0 aliphatic heterocycles. The van der Waals surface area contributed by atoms with Gasteiger partial charge >= 0.3 is 5.97 Å². The molecular weight excluding hydrogens is 350 g/mol. The third-order valence-corrected chi connectivity index (χ3v) is 4.93. The van der Waals surface area contributed by atoms with E-state index in [4.69, 9.17) is 9.52 Å². The molecule has 2 rings (SSSR count). The predicted molar refractivity (Wildman–Crippen MR) is 102 cm³/mol. The fraction of sp³-hybridized carbons (Fsp3) is 0.526. The van der Waals surface area contributed by atoms with Crippen molar-refractivity contribution in [1.82, 2.24) is 4.98 Å². The third kappa shape index (κ3) is 6.89. The number of carboxylic acid groups (broad SMARTS) is 1. The van der Waals surface area contributed by atoms with Gasteiger partial charge in [-0.3, -0.25) is 4.79 Å². The monoisotopic (exact) mass is 375 g/mol. The number of oxazole rings is 1. The summed E-state index contributed by atoms with van der Waals surface area (Å²) in [7, 11) is 0. The van der Waals surface area contributed by atoms with Gasteiger partial charge < -0.3 is 14.8 Å². The van der Waals surface area contributed by atoms with Crippen LogP contribution in [-0.4, -0.2) is 22.6 Å². The van der Waals surface area contributed by atoms with Gasteiger partial charge in [0.1, 0.15) is 6.07 Å². The van der Waals surface area contributed by atoms with Crippen molar-refractivity contribution in [2.75, 3.05) is 11.9 Å². The Morgan fingerprint density at radius 3 is 2.50 bits per heavy atom. The fourth-order valence-electron chi connectivity index (χ4n) is 2.69. The van der Waals surface area contributed by atoms with Crippen LogP contribution in [0.25, 0.3) is 10.8 Å². The van der Waals surface area contributed by atoms with E-state index in [1.54, 1.807) is 0 Å². The van der Waals surface area contributed by atoms with E-state index in [9.17, 15) is 10.1 Å². The maximum Gasteiger partial charge on any atom is 0.303 e. The van der Waals surface area contributed by atoms with Gasteiger partial charge in [0.05, 0.1) is 4.88 Å². The number of carbonyl (C=O) groups is 1. The Hall–Kier alpha value is -2.33. The summed E-state index contributed by atoms with van der Waals surface area (Å²) in [6, 6.07) is 5.92. The lowest BCUT2D eigenvalue weighted by Gasteiger charge is -2.03. The average molecular weight is 375 g/mol. The summed E-state index contributed by atoms with van der Waals surface area (Å²) in [6.45, 7) is 0.756. The molecule has 26 heavy (non-hydrogen) atoms. The number of anilines is 1. The summed E-state index contributed by atoms with van der Waals surface area (Å²) in [6.07, 6.45) is 8.83. The molecule has 2 N–H and O–H groups in total. The molecule has 0 aliphatic rings. The van der Waals surface area contributed by atoms with E-state index in [0.29, 0.717) is 17.5 Å². The van der Waals surface area contributed by atoms with Crippen LogP contribution >= 0.6 is 11.3 Å². The number of nitriles is 1. The molecule has 0 bridgehead atoms. The Balaban J connectivity index is 1.56. The van der Waals surface area contributed by atoms with Crippen molar-refractivity contribution in [1.29, 1.82) is 5.26 Å². The molecule has 2 heterocycles. The number of hydrogen-bond acceptors (Lipinski definition) is 6. The summed E-state index contributed by atoms with van der Waals surface area (Å²) in [4.78, 5) is 15.5. The molecule has 0 aromatic carbocycles. The first-order chi connectivity index (χ1) is 12.7. The number of hydrogen-bond donors (Lipinski definition) is 2. The van der Waals surface area contributed by atoms with Crippen LogP contribution in [0.3, 0.4) is 0 Å². The molecule has 0 saturated carbocycles. The van der Waals surface area contributed by atoms with E-state index in [1.165, 1.54) is 24.2 Å². The van der Waals surface area contributed by atoms with Gasteiger partial charge in [-0.2, -0.15) is 10.2 Å². The van der Waals surface area contributed by atoms with Crippen LogP contribution in [0.5, 0.6) is 0 Å². The van der Waals surface area contributed by atoms with Crippen molar-refractivity contribution in [3.8, 4) is 16.8 Å². The highest BCUT2D eigenvalue weighted by Gasteiger charge is 2.14. The summed E-state index contributed by atoms with van der Waals surface area (Å²) in [5.74, 6) is 0.239. The number of aliphatic carboxylic acids is 1. The third-order valence-electron chi connectivity index (χ3n) is 4.07. The van der Waals surface area contributed by atoms with Crippen LogP contribution in [-0.2, 0) is 4.79 Å². The molecule has 0 atom stereocenters. The molecule has 0 saturated heterocycles. The lowest BCUT2D eigenvalue weighted by molar-refractivity contribution is -0.137. The molecule has 0 unspecified atom stereocenters. The number of rotatable bonds is 13. The minimum atomic E-state index is -0.702. The van der Waals surface area contributed by atoms with Gasteiger partial charge in [-0.25, -0.2) is 0 Å². The molecule has 0 spiro atoms. The highest BCUT2D eigenvalue weighted by atomic mass is 32.1. The van der Waals surface area contributed by atoms with Crippen LogP contribution in [0.4, 0.5) is 5.88 Å². The highest BCUT2D eigenvalue weighted by Crippen LogP contribution is 2.28. The first kappa shape index (κ1) is 20.0. The second-order valence-corrected chi connectivity index (χ2v) is 7.13. The molecule has 0 amide bonds. The minimum Gasteiger partial charge on any atom is -0.481 e. The lowest BCUT2D eigenvalue weighted by Crippen LogP contribution is -2.01. The van der Waals surface area contributed by atoms with E-state index >= 15 is 0 Å². The minimum absolute atomic E-state index is 0.284. The zero-order valence-electron chi connectivity index (χ0n) is 14.9. The fourth-order valence-corrected chi connectivity index (χ4v) is 3.33. The quantitative estimate of drug-likeness (QED) is 0.462. The van der Waals surface area contributed by atoms with E-state index in [2.05, 4.69) is 16.4 Å². The SMILES string of the molecule is N#Cc1nc(-c2cccs2)oc1NCCCCCCCCCCC(=O)O. The molecule has 0 aliphatic carbocycles. The summed E-state index contributed by atoms with van der Waals surface area (Å²) in [5.41, 5.74) is 0.301. The Morgan fingerprint density at radius 2 is 1.88 bits per heavy atom. The highest BCUT2D eigenvalue weighted by molar-refractivity contribution is 7.13. The van der Waals surface area contributed by atoms with Crippen molar-refractivity contribution < 1.29 is 14.3 Å². The molecule has 0 radical (unpaired) electrons.